The van der Waals surface area contributed by atoms with E-state index in [9.17, 15) is 0 Å². The van der Waals surface area contributed by atoms with E-state index in [2.05, 4.69) is 41.8 Å². The average molecular weight is 352 g/mol. The Hall–Kier alpha value is -0.590. The molecular weight excluding hydrogens is 347 g/mol. The predicted octanol–water partition coefficient (Wildman–Crippen LogP) is 2.97. The Morgan fingerprint density at radius 2 is 1.80 bits per heavy atom. The van der Waals surface area contributed by atoms with Crippen LogP contribution in [0.1, 0.15) is 0 Å². The van der Waals surface area contributed by atoms with E-state index in [-0.39, 0.29) is 11.8 Å². The number of fused-ring (bicyclic) bond motifs is 1. The van der Waals surface area contributed by atoms with Crippen molar-refractivity contribution in [3.63, 3.8) is 0 Å². The van der Waals surface area contributed by atoms with E-state index in [0.29, 0.717) is 15.9 Å². The second kappa shape index (κ2) is 3.77. The smallest absolute Gasteiger partial charge is 0.222 e. The fraction of sp³-hybridized carbons (Fsp3) is 0. The van der Waals surface area contributed by atoms with Crippen LogP contribution in [0.25, 0.3) is 10.9 Å². The SMILES string of the molecule is Nc1nc(N)c2c(Cl)c(Br)cc(Br)c2n1. The van der Waals surface area contributed by atoms with E-state index in [0.717, 1.165) is 8.95 Å². The Morgan fingerprint density at radius 1 is 1.13 bits per heavy atom. The number of hydrogen-bond acceptors (Lipinski definition) is 4. The quantitative estimate of drug-likeness (QED) is 0.715. The van der Waals surface area contributed by atoms with Gasteiger partial charge in [0.25, 0.3) is 0 Å². The van der Waals surface area contributed by atoms with Crippen LogP contribution in [0, 0.1) is 0 Å². The van der Waals surface area contributed by atoms with Crippen LogP contribution < -0.4 is 11.5 Å². The molecule has 0 aliphatic heterocycles. The number of aromatic nitrogens is 2. The summed E-state index contributed by atoms with van der Waals surface area (Å²) in [5, 5.41) is 1.07. The van der Waals surface area contributed by atoms with Gasteiger partial charge in [0.15, 0.2) is 0 Å². The van der Waals surface area contributed by atoms with Gasteiger partial charge in [0.1, 0.15) is 5.82 Å². The van der Waals surface area contributed by atoms with Gasteiger partial charge in [-0.2, -0.15) is 4.98 Å². The molecule has 1 heterocycles. The third kappa shape index (κ3) is 1.77. The fourth-order valence-corrected chi connectivity index (χ4v) is 2.74. The van der Waals surface area contributed by atoms with Crippen molar-refractivity contribution in [1.29, 1.82) is 0 Å². The first-order valence-electron chi connectivity index (χ1n) is 3.87. The number of nitrogens with zero attached hydrogens (tertiary/aromatic N) is 2. The zero-order valence-electron chi connectivity index (χ0n) is 7.26. The lowest BCUT2D eigenvalue weighted by molar-refractivity contribution is 1.24. The molecule has 2 rings (SSSR count). The molecule has 1 aromatic heterocycles. The van der Waals surface area contributed by atoms with Gasteiger partial charge in [0.05, 0.1) is 15.9 Å². The molecule has 0 aliphatic carbocycles. The number of halogens is 3. The molecular formula is C8H5Br2ClN4. The third-order valence-electron chi connectivity index (χ3n) is 1.86. The van der Waals surface area contributed by atoms with Crippen molar-refractivity contribution in [2.75, 3.05) is 11.5 Å². The highest BCUT2D eigenvalue weighted by atomic mass is 79.9. The normalized spacial score (nSPS) is 10.9. The summed E-state index contributed by atoms with van der Waals surface area (Å²) in [4.78, 5) is 7.94. The van der Waals surface area contributed by atoms with Crippen LogP contribution in [0.3, 0.4) is 0 Å². The Morgan fingerprint density at radius 3 is 2.47 bits per heavy atom. The molecule has 0 atom stereocenters. The Labute approximate surface area is 107 Å². The molecule has 78 valence electrons. The largest absolute Gasteiger partial charge is 0.383 e. The maximum atomic E-state index is 6.09. The van der Waals surface area contributed by atoms with Gasteiger partial charge in [-0.15, -0.1) is 0 Å². The molecule has 0 saturated carbocycles. The van der Waals surface area contributed by atoms with E-state index >= 15 is 0 Å². The van der Waals surface area contributed by atoms with E-state index in [4.69, 9.17) is 23.1 Å². The minimum absolute atomic E-state index is 0.124. The molecule has 4 nitrogen and oxygen atoms in total. The van der Waals surface area contributed by atoms with Crippen LogP contribution in [-0.4, -0.2) is 9.97 Å². The number of rotatable bonds is 0. The van der Waals surface area contributed by atoms with E-state index in [1.807, 2.05) is 0 Å². The summed E-state index contributed by atoms with van der Waals surface area (Å²) in [6.45, 7) is 0. The zero-order valence-corrected chi connectivity index (χ0v) is 11.2. The summed E-state index contributed by atoms with van der Waals surface area (Å²) >= 11 is 12.8. The first-order valence-corrected chi connectivity index (χ1v) is 5.83. The molecule has 0 saturated heterocycles. The van der Waals surface area contributed by atoms with Gasteiger partial charge in [-0.25, -0.2) is 4.98 Å². The molecule has 4 N–H and O–H groups in total. The Bertz CT molecular complexity index is 558. The minimum Gasteiger partial charge on any atom is -0.383 e. The zero-order chi connectivity index (χ0) is 11.2. The fourth-order valence-electron chi connectivity index (χ4n) is 1.25. The van der Waals surface area contributed by atoms with Gasteiger partial charge in [-0.05, 0) is 37.9 Å². The van der Waals surface area contributed by atoms with Crippen LogP contribution in [0.4, 0.5) is 11.8 Å². The molecule has 15 heavy (non-hydrogen) atoms. The monoisotopic (exact) mass is 350 g/mol. The maximum absolute atomic E-state index is 6.09. The molecule has 0 fully saturated rings. The van der Waals surface area contributed by atoms with Gasteiger partial charge in [-0.3, -0.25) is 0 Å². The van der Waals surface area contributed by atoms with E-state index in [1.165, 1.54) is 0 Å². The lowest BCUT2D eigenvalue weighted by Gasteiger charge is -2.07. The van der Waals surface area contributed by atoms with Crippen molar-refractivity contribution >= 4 is 66.1 Å². The summed E-state index contributed by atoms with van der Waals surface area (Å²) in [6, 6.07) is 1.79. The minimum atomic E-state index is 0.124. The van der Waals surface area contributed by atoms with Crippen LogP contribution >= 0.6 is 43.5 Å². The predicted molar refractivity (Wildman–Crippen MR) is 68.8 cm³/mol. The van der Waals surface area contributed by atoms with E-state index < -0.39 is 0 Å². The van der Waals surface area contributed by atoms with Crippen molar-refractivity contribution in [3.8, 4) is 0 Å². The van der Waals surface area contributed by atoms with Crippen LogP contribution in [0.5, 0.6) is 0 Å². The molecule has 0 bridgehead atoms. The lowest BCUT2D eigenvalue weighted by Crippen LogP contribution is -2.01. The summed E-state index contributed by atoms with van der Waals surface area (Å²) in [5.41, 5.74) is 11.8. The standard InChI is InChI=1S/C8H5Br2ClN4/c9-2-1-3(10)6-4(5(2)11)7(12)15-8(13)14-6/h1H,(H4,12,13,14,15). The van der Waals surface area contributed by atoms with Crippen molar-refractivity contribution in [3.05, 3.63) is 20.0 Å². The molecule has 0 unspecified atom stereocenters. The second-order valence-corrected chi connectivity index (χ2v) is 4.93. The molecule has 7 heteroatoms. The molecule has 0 amide bonds. The summed E-state index contributed by atoms with van der Waals surface area (Å²) in [5.74, 6) is 0.392. The number of anilines is 2. The highest BCUT2D eigenvalue weighted by Crippen LogP contribution is 2.37. The third-order valence-corrected chi connectivity index (χ3v) is 3.71. The van der Waals surface area contributed by atoms with Crippen LogP contribution in [0.15, 0.2) is 15.0 Å². The van der Waals surface area contributed by atoms with Gasteiger partial charge in [-0.1, -0.05) is 11.6 Å². The van der Waals surface area contributed by atoms with Gasteiger partial charge < -0.3 is 11.5 Å². The van der Waals surface area contributed by atoms with Crippen molar-refractivity contribution in [1.82, 2.24) is 9.97 Å². The number of nitrogen functional groups attached to an aromatic ring is 2. The van der Waals surface area contributed by atoms with Crippen LogP contribution in [0.2, 0.25) is 5.02 Å². The topological polar surface area (TPSA) is 77.8 Å². The Kier molecular flexibility index (Phi) is 2.74. The highest BCUT2D eigenvalue weighted by Gasteiger charge is 2.13. The van der Waals surface area contributed by atoms with Crippen molar-refractivity contribution in [2.24, 2.45) is 0 Å². The molecule has 0 spiro atoms. The highest BCUT2D eigenvalue weighted by molar-refractivity contribution is 9.11. The summed E-state index contributed by atoms with van der Waals surface area (Å²) in [7, 11) is 0. The lowest BCUT2D eigenvalue weighted by atomic mass is 10.2. The van der Waals surface area contributed by atoms with Crippen LogP contribution in [-0.2, 0) is 0 Å². The van der Waals surface area contributed by atoms with Gasteiger partial charge in [0.2, 0.25) is 5.95 Å². The van der Waals surface area contributed by atoms with Gasteiger partial charge in [0, 0.05) is 8.95 Å². The maximum Gasteiger partial charge on any atom is 0.222 e. The first-order chi connectivity index (χ1) is 7.00. The summed E-state index contributed by atoms with van der Waals surface area (Å²) in [6.07, 6.45) is 0. The summed E-state index contributed by atoms with van der Waals surface area (Å²) < 4.78 is 1.48. The number of nitrogens with two attached hydrogens (primary N) is 2. The number of benzene rings is 1. The van der Waals surface area contributed by atoms with Gasteiger partial charge >= 0.3 is 0 Å². The molecule has 0 radical (unpaired) electrons. The molecule has 0 aliphatic rings. The van der Waals surface area contributed by atoms with Crippen molar-refractivity contribution in [2.45, 2.75) is 0 Å². The number of hydrogen-bond donors (Lipinski definition) is 2. The average Bonchev–Trinajstić information content (AvgIpc) is 2.13. The first kappa shape index (κ1) is 10.9. The van der Waals surface area contributed by atoms with Crippen molar-refractivity contribution < 1.29 is 0 Å². The second-order valence-electron chi connectivity index (χ2n) is 2.84. The molecule has 1 aromatic carbocycles. The Balaban J connectivity index is 3.03. The molecule has 2 aromatic rings. The van der Waals surface area contributed by atoms with E-state index in [1.54, 1.807) is 6.07 Å².